The smallest absolute Gasteiger partial charge is 0.207 e. The average Bonchev–Trinajstić information content (AvgIpc) is 3.02. The van der Waals surface area contributed by atoms with Gasteiger partial charge in [0.1, 0.15) is 0 Å². The maximum atomic E-state index is 5.68. The van der Waals surface area contributed by atoms with Crippen molar-refractivity contribution in [2.45, 2.75) is 18.9 Å². The van der Waals surface area contributed by atoms with Crippen molar-refractivity contribution in [2.75, 3.05) is 14.2 Å². The summed E-state index contributed by atoms with van der Waals surface area (Å²) < 4.78 is 16.0. The number of methoxy groups -OCH3 is 2. The van der Waals surface area contributed by atoms with E-state index in [1.54, 1.807) is 26.6 Å². The summed E-state index contributed by atoms with van der Waals surface area (Å²) in [5.41, 5.74) is 0. The number of pyridine rings is 1. The molecule has 2 rings (SSSR count). The molecule has 0 unspecified atom stereocenters. The van der Waals surface area contributed by atoms with Gasteiger partial charge in [-0.25, -0.2) is 0 Å². The van der Waals surface area contributed by atoms with E-state index in [2.05, 4.69) is 4.98 Å². The normalized spacial score (nSPS) is 15.0. The van der Waals surface area contributed by atoms with Gasteiger partial charge in [-0.3, -0.25) is 4.98 Å². The SMILES string of the molecule is COc1cncc(OC)c1OC1CC1. The minimum atomic E-state index is 0.320. The average molecular weight is 195 g/mol. The van der Waals surface area contributed by atoms with Crippen LogP contribution in [-0.4, -0.2) is 25.3 Å². The maximum absolute atomic E-state index is 5.68. The van der Waals surface area contributed by atoms with Crippen LogP contribution in [0.3, 0.4) is 0 Å². The molecule has 0 aromatic carbocycles. The van der Waals surface area contributed by atoms with Crippen molar-refractivity contribution in [1.82, 2.24) is 4.98 Å². The molecule has 0 amide bonds. The Kier molecular flexibility index (Phi) is 2.43. The van der Waals surface area contributed by atoms with E-state index in [0.717, 1.165) is 12.8 Å². The molecule has 0 spiro atoms. The second-order valence-corrected chi connectivity index (χ2v) is 3.19. The van der Waals surface area contributed by atoms with Gasteiger partial charge in [0.25, 0.3) is 0 Å². The second kappa shape index (κ2) is 3.74. The molecule has 1 aliphatic carbocycles. The van der Waals surface area contributed by atoms with E-state index >= 15 is 0 Å². The zero-order chi connectivity index (χ0) is 9.97. The van der Waals surface area contributed by atoms with Crippen LogP contribution in [0.1, 0.15) is 12.8 Å². The predicted octanol–water partition coefficient (Wildman–Crippen LogP) is 1.64. The minimum absolute atomic E-state index is 0.320. The lowest BCUT2D eigenvalue weighted by Gasteiger charge is -2.12. The molecule has 1 fully saturated rings. The quantitative estimate of drug-likeness (QED) is 0.732. The zero-order valence-electron chi connectivity index (χ0n) is 8.32. The van der Waals surface area contributed by atoms with E-state index in [1.165, 1.54) is 0 Å². The molecule has 14 heavy (non-hydrogen) atoms. The Morgan fingerprint density at radius 1 is 1.14 bits per heavy atom. The summed E-state index contributed by atoms with van der Waals surface area (Å²) >= 11 is 0. The van der Waals surface area contributed by atoms with E-state index in [-0.39, 0.29) is 0 Å². The number of rotatable bonds is 4. The molecule has 4 nitrogen and oxygen atoms in total. The Bertz CT molecular complexity index is 301. The van der Waals surface area contributed by atoms with Gasteiger partial charge in [0.05, 0.1) is 32.7 Å². The van der Waals surface area contributed by atoms with Crippen molar-refractivity contribution in [3.8, 4) is 17.2 Å². The van der Waals surface area contributed by atoms with Crippen LogP contribution in [0.2, 0.25) is 0 Å². The van der Waals surface area contributed by atoms with Crippen LogP contribution in [-0.2, 0) is 0 Å². The highest BCUT2D eigenvalue weighted by Gasteiger charge is 2.26. The molecule has 1 saturated carbocycles. The Hall–Kier alpha value is -1.45. The highest BCUT2D eigenvalue weighted by Crippen LogP contribution is 2.39. The van der Waals surface area contributed by atoms with Crippen LogP contribution in [0.15, 0.2) is 12.4 Å². The Balaban J connectivity index is 2.29. The predicted molar refractivity (Wildman–Crippen MR) is 51.0 cm³/mol. The number of aromatic nitrogens is 1. The lowest BCUT2D eigenvalue weighted by molar-refractivity contribution is 0.262. The lowest BCUT2D eigenvalue weighted by Crippen LogP contribution is -2.01. The van der Waals surface area contributed by atoms with Crippen molar-refractivity contribution >= 4 is 0 Å². The molecule has 0 atom stereocenters. The highest BCUT2D eigenvalue weighted by atomic mass is 16.5. The van der Waals surface area contributed by atoms with Gasteiger partial charge in [0, 0.05) is 0 Å². The lowest BCUT2D eigenvalue weighted by atomic mass is 10.4. The van der Waals surface area contributed by atoms with Crippen molar-refractivity contribution in [3.63, 3.8) is 0 Å². The molecule has 0 aliphatic heterocycles. The van der Waals surface area contributed by atoms with Crippen molar-refractivity contribution in [3.05, 3.63) is 12.4 Å². The molecular weight excluding hydrogens is 182 g/mol. The Morgan fingerprint density at radius 2 is 1.71 bits per heavy atom. The molecule has 1 aromatic rings. The summed E-state index contributed by atoms with van der Waals surface area (Å²) in [5, 5.41) is 0. The molecule has 1 aliphatic rings. The minimum Gasteiger partial charge on any atom is -0.491 e. The van der Waals surface area contributed by atoms with E-state index in [0.29, 0.717) is 23.4 Å². The van der Waals surface area contributed by atoms with Crippen molar-refractivity contribution in [1.29, 1.82) is 0 Å². The molecule has 0 saturated heterocycles. The molecule has 0 N–H and O–H groups in total. The third-order valence-corrected chi connectivity index (χ3v) is 2.08. The van der Waals surface area contributed by atoms with Gasteiger partial charge in [0.15, 0.2) is 11.5 Å². The molecular formula is C10H13NO3. The van der Waals surface area contributed by atoms with Gasteiger partial charge in [-0.2, -0.15) is 0 Å². The van der Waals surface area contributed by atoms with Gasteiger partial charge in [-0.05, 0) is 12.8 Å². The van der Waals surface area contributed by atoms with Gasteiger partial charge in [-0.1, -0.05) is 0 Å². The van der Waals surface area contributed by atoms with Crippen LogP contribution >= 0.6 is 0 Å². The van der Waals surface area contributed by atoms with E-state index in [4.69, 9.17) is 14.2 Å². The van der Waals surface area contributed by atoms with Gasteiger partial charge >= 0.3 is 0 Å². The number of ether oxygens (including phenoxy) is 3. The molecule has 76 valence electrons. The van der Waals surface area contributed by atoms with Crippen molar-refractivity contribution in [2.24, 2.45) is 0 Å². The Labute approximate surface area is 82.8 Å². The zero-order valence-corrected chi connectivity index (χ0v) is 8.32. The topological polar surface area (TPSA) is 40.6 Å². The van der Waals surface area contributed by atoms with Crippen LogP contribution in [0.4, 0.5) is 0 Å². The largest absolute Gasteiger partial charge is 0.491 e. The summed E-state index contributed by atoms with van der Waals surface area (Å²) in [5.74, 6) is 1.90. The first-order valence-electron chi connectivity index (χ1n) is 4.57. The molecule has 0 radical (unpaired) electrons. The van der Waals surface area contributed by atoms with Crippen LogP contribution < -0.4 is 14.2 Å². The van der Waals surface area contributed by atoms with Crippen LogP contribution in [0.5, 0.6) is 17.2 Å². The number of nitrogens with zero attached hydrogens (tertiary/aromatic N) is 1. The fourth-order valence-electron chi connectivity index (χ4n) is 1.17. The molecule has 0 bridgehead atoms. The molecule has 1 heterocycles. The Morgan fingerprint density at radius 3 is 2.14 bits per heavy atom. The third kappa shape index (κ3) is 1.73. The molecule has 4 heteroatoms. The van der Waals surface area contributed by atoms with Gasteiger partial charge < -0.3 is 14.2 Å². The number of hydrogen-bond donors (Lipinski definition) is 0. The summed E-state index contributed by atoms with van der Waals surface area (Å²) in [6.07, 6.45) is 5.78. The fraction of sp³-hybridized carbons (Fsp3) is 0.500. The van der Waals surface area contributed by atoms with Crippen LogP contribution in [0.25, 0.3) is 0 Å². The van der Waals surface area contributed by atoms with Crippen LogP contribution in [0, 0.1) is 0 Å². The fourth-order valence-corrected chi connectivity index (χ4v) is 1.17. The van der Waals surface area contributed by atoms with E-state index in [9.17, 15) is 0 Å². The first-order valence-corrected chi connectivity index (χ1v) is 4.57. The van der Waals surface area contributed by atoms with E-state index < -0.39 is 0 Å². The highest BCUT2D eigenvalue weighted by molar-refractivity contribution is 5.48. The number of hydrogen-bond acceptors (Lipinski definition) is 4. The molecule has 1 aromatic heterocycles. The standard InChI is InChI=1S/C10H13NO3/c1-12-8-5-11-6-9(13-2)10(8)14-7-3-4-7/h5-7H,3-4H2,1-2H3. The van der Waals surface area contributed by atoms with Gasteiger partial charge in [-0.15, -0.1) is 0 Å². The summed E-state index contributed by atoms with van der Waals surface area (Å²) in [6.45, 7) is 0. The first-order chi connectivity index (χ1) is 6.85. The summed E-state index contributed by atoms with van der Waals surface area (Å²) in [6, 6.07) is 0. The maximum Gasteiger partial charge on any atom is 0.207 e. The summed E-state index contributed by atoms with van der Waals surface area (Å²) in [7, 11) is 3.19. The second-order valence-electron chi connectivity index (χ2n) is 3.19. The third-order valence-electron chi connectivity index (χ3n) is 2.08. The monoisotopic (exact) mass is 195 g/mol. The summed E-state index contributed by atoms with van der Waals surface area (Å²) in [4.78, 5) is 3.98. The van der Waals surface area contributed by atoms with Gasteiger partial charge in [0.2, 0.25) is 5.75 Å². The van der Waals surface area contributed by atoms with E-state index in [1.807, 2.05) is 0 Å². The first kappa shape index (κ1) is 9.12. The van der Waals surface area contributed by atoms with Crippen molar-refractivity contribution < 1.29 is 14.2 Å².